The maximum Gasteiger partial charge on any atom is 0.271 e. The number of nitrogens with one attached hydrogen (secondary N) is 1. The van der Waals surface area contributed by atoms with Crippen LogP contribution in [0.25, 0.3) is 0 Å². The summed E-state index contributed by atoms with van der Waals surface area (Å²) in [5.74, 6) is 0.555. The van der Waals surface area contributed by atoms with E-state index in [1.165, 1.54) is 0 Å². The number of rotatable bonds is 3. The lowest BCUT2D eigenvalue weighted by Gasteiger charge is -2.03. The van der Waals surface area contributed by atoms with E-state index in [1.54, 1.807) is 30.2 Å². The molecular weight excluding hydrogens is 254 g/mol. The monoisotopic (exact) mass is 275 g/mol. The number of hydrogen-bond acceptors (Lipinski definition) is 4. The molecule has 0 aromatic carbocycles. The van der Waals surface area contributed by atoms with Gasteiger partial charge < -0.3 is 5.32 Å². The highest BCUT2D eigenvalue weighted by Crippen LogP contribution is 2.06. The maximum absolute atomic E-state index is 11.5. The number of aromatic nitrogens is 4. The van der Waals surface area contributed by atoms with Gasteiger partial charge in [0.05, 0.1) is 6.54 Å². The van der Waals surface area contributed by atoms with E-state index in [1.807, 2.05) is 27.7 Å². The Hall–Kier alpha value is -2.24. The van der Waals surface area contributed by atoms with Crippen molar-refractivity contribution in [3.63, 3.8) is 0 Å². The van der Waals surface area contributed by atoms with Crippen molar-refractivity contribution in [3.8, 4) is 0 Å². The molecule has 0 fully saturated rings. The van der Waals surface area contributed by atoms with Gasteiger partial charge in [0.25, 0.3) is 5.91 Å². The number of carbonyl (C=O) groups excluding carboxylic acids is 1. The Morgan fingerprint density at radius 3 is 2.40 bits per heavy atom. The van der Waals surface area contributed by atoms with Crippen molar-refractivity contribution in [1.29, 1.82) is 0 Å². The standard InChI is InChI=1S/C12H15N5O.C2H6/c1-8-4-11(12(18)13-3)16-17(8)7-10-5-14-9(2)15-6-10;1-2/h4-6H,7H2,1-3H3,(H,13,18);1-2H3. The quantitative estimate of drug-likeness (QED) is 0.925. The van der Waals surface area contributed by atoms with E-state index in [9.17, 15) is 4.79 Å². The largest absolute Gasteiger partial charge is 0.354 e. The third-order valence-electron chi connectivity index (χ3n) is 2.61. The summed E-state index contributed by atoms with van der Waals surface area (Å²) < 4.78 is 1.76. The molecule has 0 saturated heterocycles. The van der Waals surface area contributed by atoms with Crippen molar-refractivity contribution in [2.45, 2.75) is 34.2 Å². The Balaban J connectivity index is 0.000000956. The number of aryl methyl sites for hydroxylation is 2. The third-order valence-corrected chi connectivity index (χ3v) is 2.61. The van der Waals surface area contributed by atoms with Crippen LogP contribution in [0.5, 0.6) is 0 Å². The minimum atomic E-state index is -0.183. The average Bonchev–Trinajstić information content (AvgIpc) is 2.84. The second kappa shape index (κ2) is 7.37. The van der Waals surface area contributed by atoms with E-state index in [2.05, 4.69) is 20.4 Å². The SMILES string of the molecule is CC.CNC(=O)c1cc(C)n(Cc2cnc(C)nc2)n1. The number of amides is 1. The van der Waals surface area contributed by atoms with Crippen LogP contribution < -0.4 is 5.32 Å². The predicted octanol–water partition coefficient (Wildman–Crippen LogP) is 1.72. The lowest BCUT2D eigenvalue weighted by molar-refractivity contribution is 0.0957. The van der Waals surface area contributed by atoms with E-state index in [0.29, 0.717) is 12.2 Å². The summed E-state index contributed by atoms with van der Waals surface area (Å²) in [6.45, 7) is 8.31. The highest BCUT2D eigenvalue weighted by atomic mass is 16.1. The molecule has 108 valence electrons. The molecule has 2 heterocycles. The van der Waals surface area contributed by atoms with Crippen molar-refractivity contribution >= 4 is 5.91 Å². The Morgan fingerprint density at radius 2 is 1.85 bits per heavy atom. The fourth-order valence-electron chi connectivity index (χ4n) is 1.58. The van der Waals surface area contributed by atoms with Gasteiger partial charge in [-0.05, 0) is 19.9 Å². The zero-order chi connectivity index (χ0) is 15.1. The van der Waals surface area contributed by atoms with E-state index in [-0.39, 0.29) is 5.91 Å². The van der Waals surface area contributed by atoms with Gasteiger partial charge in [0.1, 0.15) is 11.5 Å². The lowest BCUT2D eigenvalue weighted by atomic mass is 10.3. The Bertz CT molecular complexity index is 559. The van der Waals surface area contributed by atoms with Gasteiger partial charge in [0, 0.05) is 30.7 Å². The summed E-state index contributed by atoms with van der Waals surface area (Å²) in [6.07, 6.45) is 3.53. The van der Waals surface area contributed by atoms with Crippen molar-refractivity contribution in [2.75, 3.05) is 7.05 Å². The molecule has 0 atom stereocenters. The normalized spacial score (nSPS) is 9.65. The van der Waals surface area contributed by atoms with Crippen LogP contribution in [0.4, 0.5) is 0 Å². The highest BCUT2D eigenvalue weighted by molar-refractivity contribution is 5.92. The summed E-state index contributed by atoms with van der Waals surface area (Å²) in [5.41, 5.74) is 2.30. The summed E-state index contributed by atoms with van der Waals surface area (Å²) in [7, 11) is 1.59. The first kappa shape index (κ1) is 15.8. The number of carbonyl (C=O) groups is 1. The summed E-state index contributed by atoms with van der Waals surface area (Å²) in [5, 5.41) is 6.80. The molecule has 0 saturated carbocycles. The molecule has 0 aliphatic rings. The third kappa shape index (κ3) is 3.88. The molecule has 0 aliphatic carbocycles. The molecule has 6 nitrogen and oxygen atoms in total. The zero-order valence-electron chi connectivity index (χ0n) is 12.6. The summed E-state index contributed by atoms with van der Waals surface area (Å²) >= 11 is 0. The molecule has 2 rings (SSSR count). The van der Waals surface area contributed by atoms with Gasteiger partial charge in [-0.25, -0.2) is 9.97 Å². The van der Waals surface area contributed by atoms with Crippen molar-refractivity contribution in [3.05, 3.63) is 41.2 Å². The molecule has 1 N–H and O–H groups in total. The van der Waals surface area contributed by atoms with Gasteiger partial charge in [0.15, 0.2) is 0 Å². The highest BCUT2D eigenvalue weighted by Gasteiger charge is 2.10. The van der Waals surface area contributed by atoms with Crippen LogP contribution in [-0.4, -0.2) is 32.7 Å². The van der Waals surface area contributed by atoms with Crippen LogP contribution in [0, 0.1) is 13.8 Å². The molecular formula is C14H21N5O. The van der Waals surface area contributed by atoms with E-state index in [4.69, 9.17) is 0 Å². The number of nitrogens with zero attached hydrogens (tertiary/aromatic N) is 4. The van der Waals surface area contributed by atoms with E-state index in [0.717, 1.165) is 17.1 Å². The van der Waals surface area contributed by atoms with Crippen LogP contribution in [-0.2, 0) is 6.54 Å². The molecule has 1 amide bonds. The minimum Gasteiger partial charge on any atom is -0.354 e. The van der Waals surface area contributed by atoms with Gasteiger partial charge in [-0.3, -0.25) is 9.48 Å². The maximum atomic E-state index is 11.5. The van der Waals surface area contributed by atoms with Crippen LogP contribution in [0.1, 0.15) is 41.4 Å². The van der Waals surface area contributed by atoms with E-state index >= 15 is 0 Å². The fourth-order valence-corrected chi connectivity index (χ4v) is 1.58. The Morgan fingerprint density at radius 1 is 1.25 bits per heavy atom. The minimum absolute atomic E-state index is 0.183. The topological polar surface area (TPSA) is 72.7 Å². The first-order chi connectivity index (χ1) is 9.60. The van der Waals surface area contributed by atoms with Gasteiger partial charge in [-0.1, -0.05) is 13.8 Å². The molecule has 0 radical (unpaired) electrons. The van der Waals surface area contributed by atoms with Crippen LogP contribution in [0.2, 0.25) is 0 Å². The molecule has 2 aromatic heterocycles. The first-order valence-electron chi connectivity index (χ1n) is 6.64. The van der Waals surface area contributed by atoms with Crippen molar-refractivity contribution < 1.29 is 4.79 Å². The zero-order valence-corrected chi connectivity index (χ0v) is 12.6. The summed E-state index contributed by atoms with van der Waals surface area (Å²) in [4.78, 5) is 19.7. The molecule has 0 aliphatic heterocycles. The molecule has 0 bridgehead atoms. The molecule has 0 unspecified atom stereocenters. The molecule has 2 aromatic rings. The smallest absolute Gasteiger partial charge is 0.271 e. The second-order valence-electron chi connectivity index (χ2n) is 4.05. The lowest BCUT2D eigenvalue weighted by Crippen LogP contribution is -2.18. The summed E-state index contributed by atoms with van der Waals surface area (Å²) in [6, 6.07) is 1.76. The van der Waals surface area contributed by atoms with Crippen LogP contribution >= 0.6 is 0 Å². The van der Waals surface area contributed by atoms with Crippen LogP contribution in [0.3, 0.4) is 0 Å². The van der Waals surface area contributed by atoms with E-state index < -0.39 is 0 Å². The van der Waals surface area contributed by atoms with Gasteiger partial charge in [-0.15, -0.1) is 0 Å². The van der Waals surface area contributed by atoms with Crippen molar-refractivity contribution in [1.82, 2.24) is 25.1 Å². The van der Waals surface area contributed by atoms with Gasteiger partial charge in [0.2, 0.25) is 0 Å². The van der Waals surface area contributed by atoms with Crippen LogP contribution in [0.15, 0.2) is 18.5 Å². The Labute approximate surface area is 119 Å². The van der Waals surface area contributed by atoms with Gasteiger partial charge in [-0.2, -0.15) is 5.10 Å². The second-order valence-corrected chi connectivity index (χ2v) is 4.05. The molecule has 20 heavy (non-hydrogen) atoms. The molecule has 6 heteroatoms. The average molecular weight is 275 g/mol. The first-order valence-corrected chi connectivity index (χ1v) is 6.64. The fraction of sp³-hybridized carbons (Fsp3) is 0.429. The predicted molar refractivity (Wildman–Crippen MR) is 77.6 cm³/mol. The Kier molecular flexibility index (Phi) is 5.83. The number of hydrogen-bond donors (Lipinski definition) is 1. The van der Waals surface area contributed by atoms with Crippen molar-refractivity contribution in [2.24, 2.45) is 0 Å². The molecule has 0 spiro atoms. The van der Waals surface area contributed by atoms with Gasteiger partial charge >= 0.3 is 0 Å².